The first-order valence-electron chi connectivity index (χ1n) is 5.43. The highest BCUT2D eigenvalue weighted by Crippen LogP contribution is 2.24. The van der Waals surface area contributed by atoms with Gasteiger partial charge in [-0.15, -0.1) is 0 Å². The van der Waals surface area contributed by atoms with Crippen LogP contribution in [0.3, 0.4) is 0 Å². The van der Waals surface area contributed by atoms with Gasteiger partial charge in [-0.2, -0.15) is 4.57 Å². The molecule has 0 N–H and O–H groups in total. The van der Waals surface area contributed by atoms with Crippen LogP contribution in [-0.4, -0.2) is 0 Å². The highest BCUT2D eigenvalue weighted by atomic mass is 15.0. The average Bonchev–Trinajstić information content (AvgIpc) is 2.30. The summed E-state index contributed by atoms with van der Waals surface area (Å²) in [6.45, 7) is 2.27. The van der Waals surface area contributed by atoms with E-state index in [0.29, 0.717) is 6.04 Å². The van der Waals surface area contributed by atoms with Gasteiger partial charge in [0.1, 0.15) is 0 Å². The Morgan fingerprint density at radius 2 is 1.87 bits per heavy atom. The number of hydrogen-bond donors (Lipinski definition) is 0. The molecule has 1 heteroatoms. The Morgan fingerprint density at radius 3 is 2.80 bits per heavy atom. The normalized spacial score (nSPS) is 18.1. The first kappa shape index (κ1) is 8.66. The molecule has 1 atom stereocenters. The van der Waals surface area contributed by atoms with Crippen molar-refractivity contribution in [3.63, 3.8) is 0 Å². The van der Waals surface area contributed by atoms with Crippen LogP contribution in [0.4, 0.5) is 0 Å². The lowest BCUT2D eigenvalue weighted by molar-refractivity contribution is -0.719. The molecule has 1 nitrogen and oxygen atoms in total. The molecule has 0 amide bonds. The summed E-state index contributed by atoms with van der Waals surface area (Å²) in [5, 5.41) is 0. The van der Waals surface area contributed by atoms with E-state index in [1.54, 1.807) is 0 Å². The van der Waals surface area contributed by atoms with Crippen LogP contribution in [0.5, 0.6) is 0 Å². The van der Waals surface area contributed by atoms with Gasteiger partial charge in [-0.05, 0) is 5.56 Å². The summed E-state index contributed by atoms with van der Waals surface area (Å²) in [6.07, 6.45) is 3.23. The van der Waals surface area contributed by atoms with E-state index in [2.05, 4.69) is 60.2 Å². The Kier molecular flexibility index (Phi) is 1.84. The van der Waals surface area contributed by atoms with E-state index in [0.717, 1.165) is 6.42 Å². The van der Waals surface area contributed by atoms with Crippen molar-refractivity contribution < 1.29 is 4.57 Å². The highest BCUT2D eigenvalue weighted by molar-refractivity contribution is 5.33. The molecule has 0 aliphatic carbocycles. The zero-order chi connectivity index (χ0) is 10.3. The third kappa shape index (κ3) is 1.27. The van der Waals surface area contributed by atoms with Crippen molar-refractivity contribution in [2.45, 2.75) is 19.4 Å². The van der Waals surface area contributed by atoms with Crippen molar-refractivity contribution in [1.82, 2.24) is 0 Å². The lowest BCUT2D eigenvalue weighted by Crippen LogP contribution is -2.45. The van der Waals surface area contributed by atoms with Gasteiger partial charge < -0.3 is 0 Å². The van der Waals surface area contributed by atoms with Crippen molar-refractivity contribution in [3.05, 3.63) is 65.5 Å². The van der Waals surface area contributed by atoms with Gasteiger partial charge in [-0.1, -0.05) is 30.3 Å². The predicted octanol–water partition coefficient (Wildman–Crippen LogP) is 2.49. The number of fused-ring (bicyclic) bond motifs is 2. The van der Waals surface area contributed by atoms with Crippen LogP contribution in [-0.2, 0) is 6.42 Å². The number of pyridine rings is 1. The maximum absolute atomic E-state index is 2.36. The molecular weight excluding hydrogens is 182 g/mol. The smallest absolute Gasteiger partial charge is 0.186 e. The van der Waals surface area contributed by atoms with Crippen molar-refractivity contribution in [2.75, 3.05) is 0 Å². The zero-order valence-corrected chi connectivity index (χ0v) is 8.85. The minimum Gasteiger partial charge on any atom is -0.195 e. The average molecular weight is 196 g/mol. The topological polar surface area (TPSA) is 3.88 Å². The molecule has 0 saturated heterocycles. The first-order valence-corrected chi connectivity index (χ1v) is 5.43. The number of rotatable bonds is 0. The maximum Gasteiger partial charge on any atom is 0.186 e. The number of benzene rings is 1. The fourth-order valence-electron chi connectivity index (χ4n) is 2.47. The van der Waals surface area contributed by atoms with Gasteiger partial charge in [-0.25, -0.2) is 0 Å². The van der Waals surface area contributed by atoms with Crippen molar-refractivity contribution in [3.8, 4) is 0 Å². The molecule has 0 bridgehead atoms. The molecule has 0 spiro atoms. The fourth-order valence-corrected chi connectivity index (χ4v) is 2.47. The molecule has 15 heavy (non-hydrogen) atoms. The molecule has 3 rings (SSSR count). The van der Waals surface area contributed by atoms with E-state index in [9.17, 15) is 0 Å². The van der Waals surface area contributed by atoms with Crippen LogP contribution in [0.25, 0.3) is 0 Å². The molecule has 1 unspecified atom stereocenters. The Morgan fingerprint density at radius 1 is 1.07 bits per heavy atom. The molecule has 1 aliphatic heterocycles. The van der Waals surface area contributed by atoms with Crippen LogP contribution < -0.4 is 4.57 Å². The van der Waals surface area contributed by atoms with Gasteiger partial charge >= 0.3 is 0 Å². The summed E-state index contributed by atoms with van der Waals surface area (Å²) in [6, 6.07) is 15.6. The van der Waals surface area contributed by atoms with Crippen LogP contribution in [0.15, 0.2) is 48.7 Å². The molecule has 0 radical (unpaired) electrons. The third-order valence-corrected chi connectivity index (χ3v) is 3.27. The summed E-state index contributed by atoms with van der Waals surface area (Å²) in [7, 11) is 0. The fraction of sp³-hybridized carbons (Fsp3) is 0.214. The molecular formula is C14H14N+. The van der Waals surface area contributed by atoms with E-state index < -0.39 is 0 Å². The molecule has 1 aliphatic rings. The van der Waals surface area contributed by atoms with Crippen molar-refractivity contribution in [2.24, 2.45) is 0 Å². The second kappa shape index (κ2) is 3.20. The van der Waals surface area contributed by atoms with E-state index in [1.165, 1.54) is 16.8 Å². The molecule has 0 fully saturated rings. The van der Waals surface area contributed by atoms with Gasteiger partial charge in [-0.3, -0.25) is 0 Å². The Balaban J connectivity index is 2.20. The van der Waals surface area contributed by atoms with Gasteiger partial charge in [0.25, 0.3) is 0 Å². The molecule has 1 aromatic heterocycles. The predicted molar refractivity (Wildman–Crippen MR) is 59.7 cm³/mol. The quantitative estimate of drug-likeness (QED) is 0.570. The van der Waals surface area contributed by atoms with E-state index in [1.807, 2.05) is 0 Å². The Hall–Kier alpha value is -1.63. The van der Waals surface area contributed by atoms with E-state index >= 15 is 0 Å². The van der Waals surface area contributed by atoms with Crippen LogP contribution in [0.2, 0.25) is 0 Å². The SMILES string of the molecule is CC1c2ccccc2Cc2cccc[n+]21. The molecule has 2 aromatic rings. The molecule has 0 saturated carbocycles. The summed E-state index contributed by atoms with van der Waals surface area (Å²) >= 11 is 0. The Bertz CT molecular complexity index is 457. The third-order valence-electron chi connectivity index (χ3n) is 3.27. The van der Waals surface area contributed by atoms with E-state index in [-0.39, 0.29) is 0 Å². The number of nitrogens with zero attached hydrogens (tertiary/aromatic N) is 1. The summed E-state index contributed by atoms with van der Waals surface area (Å²) in [5.41, 5.74) is 4.33. The van der Waals surface area contributed by atoms with E-state index in [4.69, 9.17) is 0 Å². The summed E-state index contributed by atoms with van der Waals surface area (Å²) in [4.78, 5) is 0. The van der Waals surface area contributed by atoms with Crippen molar-refractivity contribution in [1.29, 1.82) is 0 Å². The zero-order valence-electron chi connectivity index (χ0n) is 8.85. The maximum atomic E-state index is 2.36. The lowest BCUT2D eigenvalue weighted by Gasteiger charge is -2.19. The second-order valence-electron chi connectivity index (χ2n) is 4.15. The number of hydrogen-bond acceptors (Lipinski definition) is 0. The van der Waals surface area contributed by atoms with Crippen LogP contribution in [0.1, 0.15) is 29.8 Å². The van der Waals surface area contributed by atoms with Gasteiger partial charge in [0, 0.05) is 24.6 Å². The van der Waals surface area contributed by atoms with Gasteiger partial charge in [0.2, 0.25) is 0 Å². The summed E-state index contributed by atoms with van der Waals surface area (Å²) in [5.74, 6) is 0. The highest BCUT2D eigenvalue weighted by Gasteiger charge is 2.27. The molecule has 74 valence electrons. The molecule has 1 aromatic carbocycles. The summed E-state index contributed by atoms with van der Waals surface area (Å²) < 4.78 is 2.36. The van der Waals surface area contributed by atoms with Crippen molar-refractivity contribution >= 4 is 0 Å². The minimum atomic E-state index is 0.464. The first-order chi connectivity index (χ1) is 7.36. The minimum absolute atomic E-state index is 0.464. The number of aromatic nitrogens is 1. The van der Waals surface area contributed by atoms with Crippen LogP contribution in [0, 0.1) is 0 Å². The standard InChI is InChI=1S/C14H14N/c1-11-14-8-3-2-6-12(14)10-13-7-4-5-9-15(11)13/h2-9,11H,10H2,1H3/q+1. The van der Waals surface area contributed by atoms with Crippen LogP contribution >= 0.6 is 0 Å². The van der Waals surface area contributed by atoms with Gasteiger partial charge in [0.15, 0.2) is 17.9 Å². The second-order valence-corrected chi connectivity index (χ2v) is 4.15. The lowest BCUT2D eigenvalue weighted by atomic mass is 9.93. The van der Waals surface area contributed by atoms with Gasteiger partial charge in [0.05, 0.1) is 6.42 Å². The monoisotopic (exact) mass is 196 g/mol. The molecule has 2 heterocycles. The largest absolute Gasteiger partial charge is 0.195 e. The Labute approximate surface area is 90.0 Å².